The Kier molecular flexibility index (Phi) is 12.0. The Labute approximate surface area is 137 Å². The number of aromatic nitrogens is 3. The Bertz CT molecular complexity index is 346. The van der Waals surface area contributed by atoms with Crippen molar-refractivity contribution in [1.82, 2.24) is 15.0 Å². The predicted molar refractivity (Wildman–Crippen MR) is 95.1 cm³/mol. The number of nitrogens with zero attached hydrogens (tertiary/aromatic N) is 3. The molecule has 0 saturated carbocycles. The predicted octanol–water partition coefficient (Wildman–Crippen LogP) is 5.93. The Hall–Kier alpha value is -0.860. The van der Waals surface area contributed by atoms with Gasteiger partial charge in [-0.3, -0.25) is 4.68 Å². The summed E-state index contributed by atoms with van der Waals surface area (Å²) < 4.78 is 2.03. The van der Waals surface area contributed by atoms with Crippen LogP contribution in [0.1, 0.15) is 103 Å². The van der Waals surface area contributed by atoms with Crippen LogP contribution in [0.15, 0.2) is 6.20 Å². The zero-order valence-corrected chi connectivity index (χ0v) is 15.0. The van der Waals surface area contributed by atoms with E-state index in [4.69, 9.17) is 0 Å². The van der Waals surface area contributed by atoms with E-state index in [0.29, 0.717) is 0 Å². The summed E-state index contributed by atoms with van der Waals surface area (Å²) in [5.74, 6) is 0. The molecular weight excluding hydrogens is 270 g/mol. The molecule has 3 nitrogen and oxygen atoms in total. The average molecular weight is 308 g/mol. The molecular formula is C19H37N3. The molecule has 22 heavy (non-hydrogen) atoms. The van der Waals surface area contributed by atoms with Crippen LogP contribution >= 0.6 is 0 Å². The molecule has 0 aliphatic carbocycles. The molecule has 0 N–H and O–H groups in total. The van der Waals surface area contributed by atoms with Crippen molar-refractivity contribution < 1.29 is 0 Å². The lowest BCUT2D eigenvalue weighted by atomic mass is 10.1. The molecule has 1 aromatic rings. The lowest BCUT2D eigenvalue weighted by Gasteiger charge is -2.02. The maximum Gasteiger partial charge on any atom is 0.0827 e. The standard InChI is InChI=1S/C19H37N3/c1-3-5-7-8-9-10-11-12-13-15-17-22-18-19(20-21-22)16-14-6-4-2/h18H,3-17H2,1-2H3. The normalized spacial score (nSPS) is 11.2. The molecule has 0 saturated heterocycles. The lowest BCUT2D eigenvalue weighted by Crippen LogP contribution is -1.98. The molecule has 0 amide bonds. The van der Waals surface area contributed by atoms with Gasteiger partial charge in [-0.25, -0.2) is 0 Å². The summed E-state index contributed by atoms with van der Waals surface area (Å²) in [6.45, 7) is 5.56. The first-order valence-corrected chi connectivity index (χ1v) is 9.75. The third kappa shape index (κ3) is 9.97. The molecule has 0 fully saturated rings. The highest BCUT2D eigenvalue weighted by molar-refractivity contribution is 4.92. The maximum absolute atomic E-state index is 4.26. The molecule has 0 bridgehead atoms. The second kappa shape index (κ2) is 13.8. The average Bonchev–Trinajstić information content (AvgIpc) is 2.97. The van der Waals surface area contributed by atoms with Crippen LogP contribution in [-0.2, 0) is 13.0 Å². The van der Waals surface area contributed by atoms with E-state index in [1.165, 1.54) is 89.2 Å². The van der Waals surface area contributed by atoms with E-state index in [0.717, 1.165) is 13.0 Å². The molecule has 1 aromatic heterocycles. The van der Waals surface area contributed by atoms with Gasteiger partial charge in [-0.15, -0.1) is 5.10 Å². The third-order valence-electron chi connectivity index (χ3n) is 4.36. The first-order valence-electron chi connectivity index (χ1n) is 9.75. The molecule has 0 aliphatic rings. The minimum absolute atomic E-state index is 1.04. The summed E-state index contributed by atoms with van der Waals surface area (Å²) in [5, 5.41) is 8.50. The van der Waals surface area contributed by atoms with Crippen LogP contribution in [-0.4, -0.2) is 15.0 Å². The van der Waals surface area contributed by atoms with E-state index < -0.39 is 0 Å². The number of aryl methyl sites for hydroxylation is 2. The van der Waals surface area contributed by atoms with Gasteiger partial charge >= 0.3 is 0 Å². The summed E-state index contributed by atoms with van der Waals surface area (Å²) >= 11 is 0. The van der Waals surface area contributed by atoms with Gasteiger partial charge < -0.3 is 0 Å². The quantitative estimate of drug-likeness (QED) is 0.376. The van der Waals surface area contributed by atoms with Crippen LogP contribution < -0.4 is 0 Å². The fourth-order valence-electron chi connectivity index (χ4n) is 2.88. The number of rotatable bonds is 15. The van der Waals surface area contributed by atoms with Crippen molar-refractivity contribution in [3.63, 3.8) is 0 Å². The van der Waals surface area contributed by atoms with Crippen LogP contribution in [0, 0.1) is 0 Å². The van der Waals surface area contributed by atoms with Gasteiger partial charge in [0.05, 0.1) is 5.69 Å². The summed E-state index contributed by atoms with van der Waals surface area (Å²) in [6, 6.07) is 0. The Morgan fingerprint density at radius 1 is 0.727 bits per heavy atom. The summed E-state index contributed by atoms with van der Waals surface area (Å²) in [5.41, 5.74) is 1.17. The second-order valence-electron chi connectivity index (χ2n) is 6.61. The fourth-order valence-corrected chi connectivity index (χ4v) is 2.88. The fraction of sp³-hybridized carbons (Fsp3) is 0.895. The second-order valence-corrected chi connectivity index (χ2v) is 6.61. The van der Waals surface area contributed by atoms with Crippen molar-refractivity contribution >= 4 is 0 Å². The number of unbranched alkanes of at least 4 members (excludes halogenated alkanes) is 11. The topological polar surface area (TPSA) is 30.7 Å². The molecule has 0 unspecified atom stereocenters. The highest BCUT2D eigenvalue weighted by Crippen LogP contribution is 2.11. The highest BCUT2D eigenvalue weighted by Gasteiger charge is 2.00. The molecule has 0 spiro atoms. The Morgan fingerprint density at radius 2 is 1.27 bits per heavy atom. The third-order valence-corrected chi connectivity index (χ3v) is 4.36. The molecule has 0 aromatic carbocycles. The van der Waals surface area contributed by atoms with Gasteiger partial charge in [0.2, 0.25) is 0 Å². The number of hydrogen-bond donors (Lipinski definition) is 0. The van der Waals surface area contributed by atoms with Crippen LogP contribution in [0.4, 0.5) is 0 Å². The van der Waals surface area contributed by atoms with E-state index in [2.05, 4.69) is 30.4 Å². The van der Waals surface area contributed by atoms with E-state index in [9.17, 15) is 0 Å². The minimum Gasteiger partial charge on any atom is -0.252 e. The zero-order valence-electron chi connectivity index (χ0n) is 15.0. The van der Waals surface area contributed by atoms with Gasteiger partial charge in [0.15, 0.2) is 0 Å². The summed E-state index contributed by atoms with van der Waals surface area (Å²) in [7, 11) is 0. The van der Waals surface area contributed by atoms with Crippen LogP contribution in [0.2, 0.25) is 0 Å². The van der Waals surface area contributed by atoms with Crippen molar-refractivity contribution in [3.05, 3.63) is 11.9 Å². The van der Waals surface area contributed by atoms with Crippen LogP contribution in [0.25, 0.3) is 0 Å². The Balaban J connectivity index is 1.92. The molecule has 128 valence electrons. The van der Waals surface area contributed by atoms with Gasteiger partial charge in [0.25, 0.3) is 0 Å². The molecule has 0 atom stereocenters. The maximum atomic E-state index is 4.26. The number of hydrogen-bond acceptors (Lipinski definition) is 2. The molecule has 1 rings (SSSR count). The van der Waals surface area contributed by atoms with Crippen molar-refractivity contribution in [2.75, 3.05) is 0 Å². The van der Waals surface area contributed by atoms with Crippen molar-refractivity contribution in [2.24, 2.45) is 0 Å². The van der Waals surface area contributed by atoms with Gasteiger partial charge in [-0.1, -0.05) is 89.7 Å². The van der Waals surface area contributed by atoms with E-state index >= 15 is 0 Å². The molecule has 3 heteroatoms. The van der Waals surface area contributed by atoms with Crippen molar-refractivity contribution in [1.29, 1.82) is 0 Å². The van der Waals surface area contributed by atoms with E-state index in [1.54, 1.807) is 0 Å². The first kappa shape index (κ1) is 19.2. The van der Waals surface area contributed by atoms with Gasteiger partial charge in [-0.05, 0) is 19.3 Å². The Morgan fingerprint density at radius 3 is 1.91 bits per heavy atom. The molecule has 0 aliphatic heterocycles. The van der Waals surface area contributed by atoms with Gasteiger partial charge in [0.1, 0.15) is 0 Å². The van der Waals surface area contributed by atoms with Crippen LogP contribution in [0.5, 0.6) is 0 Å². The summed E-state index contributed by atoms with van der Waals surface area (Å²) in [6.07, 6.45) is 20.9. The lowest BCUT2D eigenvalue weighted by molar-refractivity contribution is 0.507. The van der Waals surface area contributed by atoms with Crippen LogP contribution in [0.3, 0.4) is 0 Å². The minimum atomic E-state index is 1.04. The highest BCUT2D eigenvalue weighted by atomic mass is 15.4. The summed E-state index contributed by atoms with van der Waals surface area (Å²) in [4.78, 5) is 0. The molecule has 1 heterocycles. The molecule has 0 radical (unpaired) electrons. The van der Waals surface area contributed by atoms with Crippen molar-refractivity contribution in [2.45, 2.75) is 110 Å². The first-order chi connectivity index (χ1) is 10.9. The van der Waals surface area contributed by atoms with Gasteiger partial charge in [0, 0.05) is 12.7 Å². The van der Waals surface area contributed by atoms with E-state index in [-0.39, 0.29) is 0 Å². The van der Waals surface area contributed by atoms with Gasteiger partial charge in [-0.2, -0.15) is 0 Å². The SMILES string of the molecule is CCCCCCCCCCCCn1cc(CCCCC)nn1. The smallest absolute Gasteiger partial charge is 0.0827 e. The monoisotopic (exact) mass is 307 g/mol. The van der Waals surface area contributed by atoms with Crippen molar-refractivity contribution in [3.8, 4) is 0 Å². The van der Waals surface area contributed by atoms with E-state index in [1.807, 2.05) is 4.68 Å². The largest absolute Gasteiger partial charge is 0.252 e. The zero-order chi connectivity index (χ0) is 15.9.